The van der Waals surface area contributed by atoms with Crippen molar-refractivity contribution in [2.45, 2.75) is 12.5 Å². The molecular weight excluding hydrogens is 251 g/mol. The normalized spacial score (nSPS) is 12.7. The average Bonchev–Trinajstić information content (AvgIpc) is 2.78. The molecule has 0 amide bonds. The highest BCUT2D eigenvalue weighted by molar-refractivity contribution is 6.99. The molecule has 0 spiro atoms. The maximum Gasteiger partial charge on any atom is 0.142 e. The van der Waals surface area contributed by atoms with E-state index in [9.17, 15) is 9.50 Å². The first kappa shape index (κ1) is 11.4. The van der Waals surface area contributed by atoms with Crippen molar-refractivity contribution in [3.05, 3.63) is 46.5 Å². The van der Waals surface area contributed by atoms with Crippen LogP contribution in [0, 0.1) is 5.82 Å². The standard InChI is InChI=1S/C10H8ClFN2OS/c11-10-6(2-1-3-7(10)12)4-9(15)8-5-13-16-14-8/h1-3,5,9,15H,4H2. The van der Waals surface area contributed by atoms with Gasteiger partial charge in [0.1, 0.15) is 17.6 Å². The first-order valence-electron chi connectivity index (χ1n) is 4.57. The maximum absolute atomic E-state index is 13.1. The van der Waals surface area contributed by atoms with Crippen LogP contribution in [0.25, 0.3) is 0 Å². The molecule has 0 aliphatic heterocycles. The van der Waals surface area contributed by atoms with Gasteiger partial charge in [-0.2, -0.15) is 8.75 Å². The van der Waals surface area contributed by atoms with Crippen LogP contribution in [-0.2, 0) is 6.42 Å². The lowest BCUT2D eigenvalue weighted by molar-refractivity contribution is 0.174. The van der Waals surface area contributed by atoms with Crippen molar-refractivity contribution in [2.75, 3.05) is 0 Å². The van der Waals surface area contributed by atoms with Crippen LogP contribution in [0.15, 0.2) is 24.4 Å². The third-order valence-corrected chi connectivity index (χ3v) is 3.08. The zero-order valence-corrected chi connectivity index (χ0v) is 9.67. The monoisotopic (exact) mass is 258 g/mol. The summed E-state index contributed by atoms with van der Waals surface area (Å²) in [5.41, 5.74) is 1.03. The minimum absolute atomic E-state index is 0.0461. The Labute approximate surface area is 101 Å². The Balaban J connectivity index is 2.18. The third kappa shape index (κ3) is 2.37. The van der Waals surface area contributed by atoms with Gasteiger partial charge in [0, 0.05) is 6.42 Å². The van der Waals surface area contributed by atoms with E-state index < -0.39 is 11.9 Å². The zero-order valence-electron chi connectivity index (χ0n) is 8.10. The van der Waals surface area contributed by atoms with Crippen LogP contribution in [0.4, 0.5) is 4.39 Å². The summed E-state index contributed by atoms with van der Waals surface area (Å²) in [5.74, 6) is -0.484. The molecule has 0 aliphatic carbocycles. The van der Waals surface area contributed by atoms with Gasteiger partial charge in [0.2, 0.25) is 0 Å². The smallest absolute Gasteiger partial charge is 0.142 e. The van der Waals surface area contributed by atoms with Crippen molar-refractivity contribution in [2.24, 2.45) is 0 Å². The van der Waals surface area contributed by atoms with Crippen molar-refractivity contribution in [1.82, 2.24) is 8.75 Å². The molecule has 6 heteroatoms. The van der Waals surface area contributed by atoms with Gasteiger partial charge >= 0.3 is 0 Å². The lowest BCUT2D eigenvalue weighted by atomic mass is 10.1. The molecule has 0 bridgehead atoms. The SMILES string of the molecule is OC(Cc1cccc(F)c1Cl)c1cnsn1. The summed E-state index contributed by atoms with van der Waals surface area (Å²) in [7, 11) is 0. The second kappa shape index (κ2) is 4.86. The fraction of sp³-hybridized carbons (Fsp3) is 0.200. The molecule has 0 aliphatic rings. The molecular formula is C10H8ClFN2OS. The molecule has 1 aromatic heterocycles. The molecule has 1 aromatic carbocycles. The van der Waals surface area contributed by atoms with Gasteiger partial charge in [-0.15, -0.1) is 0 Å². The van der Waals surface area contributed by atoms with Gasteiger partial charge in [0.05, 0.1) is 22.9 Å². The molecule has 2 rings (SSSR count). The number of aliphatic hydroxyl groups is 1. The Morgan fingerprint density at radius 2 is 2.31 bits per heavy atom. The molecule has 84 valence electrons. The summed E-state index contributed by atoms with van der Waals surface area (Å²) in [5, 5.41) is 9.85. The van der Waals surface area contributed by atoms with E-state index in [2.05, 4.69) is 8.75 Å². The third-order valence-electron chi connectivity index (χ3n) is 2.16. The number of nitrogens with zero attached hydrogens (tertiary/aromatic N) is 2. The summed E-state index contributed by atoms with van der Waals surface area (Å²) < 4.78 is 20.8. The Morgan fingerprint density at radius 3 is 3.00 bits per heavy atom. The number of benzene rings is 1. The Hall–Kier alpha value is -1.04. The largest absolute Gasteiger partial charge is 0.386 e. The van der Waals surface area contributed by atoms with E-state index in [0.717, 1.165) is 11.7 Å². The van der Waals surface area contributed by atoms with Gasteiger partial charge in [-0.25, -0.2) is 4.39 Å². The predicted molar refractivity (Wildman–Crippen MR) is 60.0 cm³/mol. The second-order valence-electron chi connectivity index (χ2n) is 3.27. The lowest BCUT2D eigenvalue weighted by Gasteiger charge is -2.09. The van der Waals surface area contributed by atoms with Crippen LogP contribution >= 0.6 is 23.3 Å². The van der Waals surface area contributed by atoms with Crippen molar-refractivity contribution < 1.29 is 9.50 Å². The number of halogens is 2. The first-order valence-corrected chi connectivity index (χ1v) is 5.67. The minimum atomic E-state index is -0.807. The number of aromatic nitrogens is 2. The Kier molecular flexibility index (Phi) is 3.48. The molecule has 1 atom stereocenters. The van der Waals surface area contributed by atoms with Gasteiger partial charge in [-0.1, -0.05) is 23.7 Å². The molecule has 1 N–H and O–H groups in total. The van der Waals surface area contributed by atoms with Crippen LogP contribution in [0.5, 0.6) is 0 Å². The number of hydrogen-bond donors (Lipinski definition) is 1. The van der Waals surface area contributed by atoms with E-state index in [1.807, 2.05) is 0 Å². The highest BCUT2D eigenvalue weighted by Crippen LogP contribution is 2.24. The van der Waals surface area contributed by atoms with Gasteiger partial charge in [0.25, 0.3) is 0 Å². The van der Waals surface area contributed by atoms with E-state index in [1.165, 1.54) is 12.3 Å². The number of rotatable bonds is 3. The van der Waals surface area contributed by atoms with Gasteiger partial charge in [-0.05, 0) is 11.6 Å². The van der Waals surface area contributed by atoms with E-state index in [4.69, 9.17) is 11.6 Å². The van der Waals surface area contributed by atoms with E-state index >= 15 is 0 Å². The van der Waals surface area contributed by atoms with E-state index in [-0.39, 0.29) is 11.4 Å². The maximum atomic E-state index is 13.1. The molecule has 3 nitrogen and oxygen atoms in total. The zero-order chi connectivity index (χ0) is 11.5. The first-order chi connectivity index (χ1) is 7.68. The van der Waals surface area contributed by atoms with Crippen molar-refractivity contribution in [3.8, 4) is 0 Å². The number of aliphatic hydroxyl groups excluding tert-OH is 1. The molecule has 2 aromatic rings. The quantitative estimate of drug-likeness (QED) is 0.921. The van der Waals surface area contributed by atoms with E-state index in [0.29, 0.717) is 11.3 Å². The average molecular weight is 259 g/mol. The summed E-state index contributed by atoms with van der Waals surface area (Å²) in [6.45, 7) is 0. The van der Waals surface area contributed by atoms with Crippen LogP contribution in [0.2, 0.25) is 5.02 Å². The molecule has 0 fully saturated rings. The fourth-order valence-corrected chi connectivity index (χ4v) is 2.01. The van der Waals surface area contributed by atoms with Crippen LogP contribution < -0.4 is 0 Å². The summed E-state index contributed by atoms with van der Waals surface area (Å²) in [6.07, 6.45) is 0.905. The molecule has 0 saturated carbocycles. The predicted octanol–water partition coefficient (Wildman–Crippen LogP) is 2.61. The second-order valence-corrected chi connectivity index (χ2v) is 4.20. The van der Waals surface area contributed by atoms with Crippen molar-refractivity contribution in [1.29, 1.82) is 0 Å². The van der Waals surface area contributed by atoms with Crippen molar-refractivity contribution >= 4 is 23.3 Å². The van der Waals surface area contributed by atoms with Crippen molar-refractivity contribution in [3.63, 3.8) is 0 Å². The fourth-order valence-electron chi connectivity index (χ4n) is 1.34. The summed E-state index contributed by atoms with van der Waals surface area (Å²) in [4.78, 5) is 0. The van der Waals surface area contributed by atoms with Gasteiger partial charge in [-0.3, -0.25) is 0 Å². The molecule has 0 saturated heterocycles. The molecule has 0 radical (unpaired) electrons. The summed E-state index contributed by atoms with van der Waals surface area (Å²) in [6, 6.07) is 4.51. The Morgan fingerprint density at radius 1 is 1.50 bits per heavy atom. The number of hydrogen-bond acceptors (Lipinski definition) is 4. The van der Waals surface area contributed by atoms with Gasteiger partial charge < -0.3 is 5.11 Å². The summed E-state index contributed by atoms with van der Waals surface area (Å²) >= 11 is 6.80. The highest BCUT2D eigenvalue weighted by Gasteiger charge is 2.14. The minimum Gasteiger partial charge on any atom is -0.386 e. The van der Waals surface area contributed by atoms with Crippen LogP contribution in [-0.4, -0.2) is 13.9 Å². The molecule has 1 heterocycles. The van der Waals surface area contributed by atoms with Crippen LogP contribution in [0.1, 0.15) is 17.4 Å². The molecule has 16 heavy (non-hydrogen) atoms. The van der Waals surface area contributed by atoms with Crippen LogP contribution in [0.3, 0.4) is 0 Å². The Bertz CT molecular complexity index is 478. The highest BCUT2D eigenvalue weighted by atomic mass is 35.5. The molecule has 1 unspecified atom stereocenters. The van der Waals surface area contributed by atoms with E-state index in [1.54, 1.807) is 12.1 Å². The van der Waals surface area contributed by atoms with Gasteiger partial charge in [0.15, 0.2) is 0 Å². The lowest BCUT2D eigenvalue weighted by Crippen LogP contribution is -2.03. The topological polar surface area (TPSA) is 46.0 Å².